The molecule has 0 bridgehead atoms. The van der Waals surface area contributed by atoms with Crippen LogP contribution in [0.25, 0.3) is 0 Å². The molecule has 20 heavy (non-hydrogen) atoms. The van der Waals surface area contributed by atoms with Crippen LogP contribution in [0.3, 0.4) is 0 Å². The van der Waals surface area contributed by atoms with Gasteiger partial charge in [0.15, 0.2) is 15.6 Å². The van der Waals surface area contributed by atoms with E-state index in [4.69, 9.17) is 5.11 Å². The monoisotopic (exact) mass is 329 g/mol. The molecule has 0 radical (unpaired) electrons. The summed E-state index contributed by atoms with van der Waals surface area (Å²) in [5.74, 6) is -4.14. The van der Waals surface area contributed by atoms with Gasteiger partial charge in [-0.2, -0.15) is 4.31 Å². The zero-order chi connectivity index (χ0) is 15.6. The predicted octanol–water partition coefficient (Wildman–Crippen LogP) is -1.94. The molecule has 1 saturated heterocycles. The summed E-state index contributed by atoms with van der Waals surface area (Å²) in [5, 5.41) is 8.76. The number of carbonyl (C=O) groups excluding carboxylic acids is 1. The van der Waals surface area contributed by atoms with Crippen molar-refractivity contribution >= 4 is 31.8 Å². The number of rotatable bonds is 6. The van der Waals surface area contributed by atoms with Crippen molar-refractivity contribution in [2.75, 3.05) is 30.9 Å². The Morgan fingerprint density at radius 2 is 2.00 bits per heavy atom. The molecule has 9 nitrogen and oxygen atoms in total. The Labute approximate surface area is 116 Å². The van der Waals surface area contributed by atoms with Crippen LogP contribution in [0, 0.1) is 0 Å². The number of hydrogen-bond donors (Lipinski definition) is 1. The maximum absolute atomic E-state index is 12.0. The van der Waals surface area contributed by atoms with E-state index >= 15 is 0 Å². The number of nitrogens with zero attached hydrogens (tertiary/aromatic N) is 1. The summed E-state index contributed by atoms with van der Waals surface area (Å²) >= 11 is 0. The van der Waals surface area contributed by atoms with Gasteiger partial charge < -0.3 is 9.84 Å². The largest absolute Gasteiger partial charge is 0.480 e. The molecule has 1 N–H and O–H groups in total. The Bertz CT molecular complexity index is 593. The number of methoxy groups -OCH3 is 1. The van der Waals surface area contributed by atoms with Crippen molar-refractivity contribution in [2.24, 2.45) is 0 Å². The molecular weight excluding hydrogens is 314 g/mol. The summed E-state index contributed by atoms with van der Waals surface area (Å²) in [6.45, 7) is -0.889. The number of carboxylic acid groups (broad SMARTS) is 1. The molecule has 0 amide bonds. The highest BCUT2D eigenvalue weighted by molar-refractivity contribution is 7.92. The standard InChI is InChI=1S/C9H15NO8S2/c1-18-9(13)6-20(16,17)10(4-8(11)12)7-2-3-19(14,15)5-7/h7H,2-6H2,1H3,(H,11,12). The molecule has 0 aromatic heterocycles. The van der Waals surface area contributed by atoms with Crippen LogP contribution < -0.4 is 0 Å². The molecule has 1 atom stereocenters. The minimum absolute atomic E-state index is 0.00994. The molecule has 1 fully saturated rings. The fourth-order valence-electron chi connectivity index (χ4n) is 1.88. The molecule has 1 aliphatic rings. The minimum Gasteiger partial charge on any atom is -0.480 e. The van der Waals surface area contributed by atoms with E-state index in [1.54, 1.807) is 0 Å². The van der Waals surface area contributed by atoms with Gasteiger partial charge in [-0.1, -0.05) is 0 Å². The smallest absolute Gasteiger partial charge is 0.322 e. The van der Waals surface area contributed by atoms with Crippen LogP contribution in [0.1, 0.15) is 6.42 Å². The van der Waals surface area contributed by atoms with Gasteiger partial charge in [-0.05, 0) is 6.42 Å². The van der Waals surface area contributed by atoms with Gasteiger partial charge in [-0.3, -0.25) is 9.59 Å². The molecule has 11 heteroatoms. The van der Waals surface area contributed by atoms with E-state index < -0.39 is 55.9 Å². The first-order valence-corrected chi connectivity index (χ1v) is 8.99. The maximum atomic E-state index is 12.0. The lowest BCUT2D eigenvalue weighted by Gasteiger charge is -2.25. The minimum atomic E-state index is -4.25. The summed E-state index contributed by atoms with van der Waals surface area (Å²) in [7, 11) is -6.64. The Hall–Kier alpha value is -1.20. The Morgan fingerprint density at radius 1 is 1.40 bits per heavy atom. The second-order valence-electron chi connectivity index (χ2n) is 4.33. The second-order valence-corrected chi connectivity index (χ2v) is 8.48. The van der Waals surface area contributed by atoms with Crippen molar-refractivity contribution in [3.05, 3.63) is 0 Å². The number of carboxylic acids is 1. The highest BCUT2D eigenvalue weighted by Gasteiger charge is 2.40. The molecule has 0 aromatic carbocycles. The van der Waals surface area contributed by atoms with E-state index in [2.05, 4.69) is 4.74 Å². The average molecular weight is 329 g/mol. The highest BCUT2D eigenvalue weighted by atomic mass is 32.2. The molecule has 1 rings (SSSR count). The lowest BCUT2D eigenvalue weighted by atomic mass is 10.2. The van der Waals surface area contributed by atoms with Crippen molar-refractivity contribution in [1.82, 2.24) is 4.31 Å². The van der Waals surface area contributed by atoms with Gasteiger partial charge in [0.1, 0.15) is 6.54 Å². The number of hydrogen-bond acceptors (Lipinski definition) is 7. The quantitative estimate of drug-likeness (QED) is 0.556. The summed E-state index contributed by atoms with van der Waals surface area (Å²) in [4.78, 5) is 21.8. The van der Waals surface area contributed by atoms with E-state index in [0.717, 1.165) is 7.11 Å². The predicted molar refractivity (Wildman–Crippen MR) is 67.2 cm³/mol. The first-order chi connectivity index (χ1) is 9.07. The number of aliphatic carboxylic acids is 1. The average Bonchev–Trinajstić information content (AvgIpc) is 2.65. The van der Waals surface area contributed by atoms with Crippen molar-refractivity contribution in [1.29, 1.82) is 0 Å². The number of ether oxygens (including phenoxy) is 1. The molecular formula is C9H15NO8S2. The van der Waals surface area contributed by atoms with Crippen molar-refractivity contribution < 1.29 is 36.3 Å². The van der Waals surface area contributed by atoms with E-state index in [0.29, 0.717) is 4.31 Å². The summed E-state index contributed by atoms with van der Waals surface area (Å²) in [5.41, 5.74) is 0. The van der Waals surface area contributed by atoms with Crippen LogP contribution in [0.4, 0.5) is 0 Å². The van der Waals surface area contributed by atoms with E-state index in [1.807, 2.05) is 0 Å². The molecule has 1 heterocycles. The van der Waals surface area contributed by atoms with E-state index in [1.165, 1.54) is 0 Å². The third-order valence-electron chi connectivity index (χ3n) is 2.79. The molecule has 0 spiro atoms. The fraction of sp³-hybridized carbons (Fsp3) is 0.778. The van der Waals surface area contributed by atoms with Crippen molar-refractivity contribution in [3.8, 4) is 0 Å². The summed E-state index contributed by atoms with van der Waals surface area (Å²) < 4.78 is 51.5. The van der Waals surface area contributed by atoms with Gasteiger partial charge in [0, 0.05) is 6.04 Å². The SMILES string of the molecule is COC(=O)CS(=O)(=O)N(CC(=O)O)C1CCS(=O)(=O)C1. The van der Waals surface area contributed by atoms with Gasteiger partial charge in [0.2, 0.25) is 10.0 Å². The van der Waals surface area contributed by atoms with Crippen LogP contribution in [0.5, 0.6) is 0 Å². The maximum Gasteiger partial charge on any atom is 0.322 e. The zero-order valence-corrected chi connectivity index (χ0v) is 12.3. The van der Waals surface area contributed by atoms with Gasteiger partial charge in [-0.25, -0.2) is 16.8 Å². The third kappa shape index (κ3) is 4.42. The molecule has 0 aromatic rings. The zero-order valence-electron chi connectivity index (χ0n) is 10.7. The van der Waals surface area contributed by atoms with Crippen molar-refractivity contribution in [3.63, 3.8) is 0 Å². The molecule has 1 aliphatic heterocycles. The normalized spacial score (nSPS) is 21.8. The number of sulfone groups is 1. The summed E-state index contributed by atoms with van der Waals surface area (Å²) in [6.07, 6.45) is 0.00994. The van der Waals surface area contributed by atoms with Crippen LogP contribution in [-0.2, 0) is 34.2 Å². The Morgan fingerprint density at radius 3 is 2.40 bits per heavy atom. The highest BCUT2D eigenvalue weighted by Crippen LogP contribution is 2.20. The van der Waals surface area contributed by atoms with Gasteiger partial charge in [0.25, 0.3) is 0 Å². The topological polar surface area (TPSA) is 135 Å². The molecule has 1 unspecified atom stereocenters. The van der Waals surface area contributed by atoms with Crippen molar-refractivity contribution in [2.45, 2.75) is 12.5 Å². The van der Waals surface area contributed by atoms with Crippen LogP contribution >= 0.6 is 0 Å². The molecule has 0 saturated carbocycles. The van der Waals surface area contributed by atoms with E-state index in [9.17, 15) is 26.4 Å². The lowest BCUT2D eigenvalue weighted by molar-refractivity contribution is -0.139. The second kappa shape index (κ2) is 6.06. The van der Waals surface area contributed by atoms with Gasteiger partial charge in [0.05, 0.1) is 18.6 Å². The summed E-state index contributed by atoms with van der Waals surface area (Å²) in [6, 6.07) is -0.967. The Kier molecular flexibility index (Phi) is 5.10. The first kappa shape index (κ1) is 16.9. The molecule has 0 aliphatic carbocycles. The number of carbonyl (C=O) groups is 2. The fourth-order valence-corrected chi connectivity index (χ4v) is 5.23. The van der Waals surface area contributed by atoms with Crippen LogP contribution in [-0.4, -0.2) is 75.1 Å². The number of sulfonamides is 1. The third-order valence-corrected chi connectivity index (χ3v) is 6.28. The van der Waals surface area contributed by atoms with Crippen LogP contribution in [0.15, 0.2) is 0 Å². The molecule has 116 valence electrons. The number of esters is 1. The first-order valence-electron chi connectivity index (χ1n) is 5.56. The van der Waals surface area contributed by atoms with Gasteiger partial charge >= 0.3 is 11.9 Å². The lowest BCUT2D eigenvalue weighted by Crippen LogP contribution is -2.46. The van der Waals surface area contributed by atoms with Gasteiger partial charge in [-0.15, -0.1) is 0 Å². The Balaban J connectivity index is 3.01. The van der Waals surface area contributed by atoms with E-state index in [-0.39, 0.29) is 12.2 Å². The van der Waals surface area contributed by atoms with Crippen LogP contribution in [0.2, 0.25) is 0 Å².